The number of benzene rings is 1. The van der Waals surface area contributed by atoms with Gasteiger partial charge in [0.05, 0.1) is 16.8 Å². The molecule has 0 bridgehead atoms. The van der Waals surface area contributed by atoms with Crippen molar-refractivity contribution in [3.8, 4) is 11.1 Å². The average Bonchev–Trinajstić information content (AvgIpc) is 3.56. The van der Waals surface area contributed by atoms with Crippen molar-refractivity contribution in [3.63, 3.8) is 0 Å². The molecule has 3 N–H and O–H groups in total. The molecule has 0 unspecified atom stereocenters. The molecule has 4 rings (SSSR count). The predicted octanol–water partition coefficient (Wildman–Crippen LogP) is 4.30. The van der Waals surface area contributed by atoms with Crippen LogP contribution < -0.4 is 5.73 Å². The second-order valence-electron chi connectivity index (χ2n) is 10.2. The number of nitrogens with two attached hydrogens (primary N) is 1. The Labute approximate surface area is 230 Å². The Hall–Kier alpha value is -2.24. The molecule has 1 fully saturated rings. The van der Waals surface area contributed by atoms with Gasteiger partial charge in [-0.05, 0) is 86.1 Å². The first kappa shape index (κ1) is 28.8. The summed E-state index contributed by atoms with van der Waals surface area (Å²) < 4.78 is 26.2. The van der Waals surface area contributed by atoms with Crippen molar-refractivity contribution in [2.45, 2.75) is 46.1 Å². The van der Waals surface area contributed by atoms with Gasteiger partial charge in [0, 0.05) is 49.2 Å². The largest absolute Gasteiger partial charge is 0.366 e. The van der Waals surface area contributed by atoms with Crippen molar-refractivity contribution in [3.05, 3.63) is 45.8 Å². The maximum absolute atomic E-state index is 12.4. The van der Waals surface area contributed by atoms with Crippen LogP contribution in [0.3, 0.4) is 0 Å². The zero-order chi connectivity index (χ0) is 27.4. The molecule has 0 aliphatic carbocycles. The van der Waals surface area contributed by atoms with Gasteiger partial charge in [-0.1, -0.05) is 13.8 Å². The van der Waals surface area contributed by atoms with E-state index in [9.17, 15) is 13.2 Å². The number of nitrogens with one attached hydrogen (secondary N) is 1. The number of piperidine rings is 1. The second-order valence-corrected chi connectivity index (χ2v) is 13.4. The molecule has 0 spiro atoms. The minimum atomic E-state index is -3.17. The Balaban J connectivity index is 1.56. The number of carbonyl (C=O) groups excluding carboxylic acids is 1. The molecule has 2 aromatic heterocycles. The lowest BCUT2D eigenvalue weighted by Crippen LogP contribution is -2.38. The van der Waals surface area contributed by atoms with E-state index in [2.05, 4.69) is 53.2 Å². The first-order chi connectivity index (χ1) is 18.2. The van der Waals surface area contributed by atoms with E-state index >= 15 is 0 Å². The standard InChI is InChI=1S/C28H41N5O3S2/c1-5-32(6-2)13-12-31(4)18-23-14-22(19-37-23)21-15-24-26(17-30-27(24)25(16-21)28(29)34)20-8-10-33(11-9-20)38(35,36)7-3/h14-17,19-20,30H,5-13,18H2,1-4H3,(H2,29,34). The fourth-order valence-corrected chi connectivity index (χ4v) is 7.50. The van der Waals surface area contributed by atoms with Crippen LogP contribution in [0.4, 0.5) is 0 Å². The monoisotopic (exact) mass is 559 g/mol. The van der Waals surface area contributed by atoms with Gasteiger partial charge in [-0.25, -0.2) is 12.7 Å². The molecule has 10 heteroatoms. The maximum Gasteiger partial charge on any atom is 0.250 e. The molecule has 1 saturated heterocycles. The number of sulfonamides is 1. The van der Waals surface area contributed by atoms with E-state index in [4.69, 9.17) is 5.73 Å². The molecular formula is C28H41N5O3S2. The molecule has 1 aromatic carbocycles. The molecule has 3 heterocycles. The number of primary amides is 1. The Kier molecular flexibility index (Phi) is 9.31. The highest BCUT2D eigenvalue weighted by atomic mass is 32.2. The Morgan fingerprint density at radius 2 is 1.82 bits per heavy atom. The van der Waals surface area contributed by atoms with Gasteiger partial charge in [0.25, 0.3) is 5.91 Å². The molecule has 38 heavy (non-hydrogen) atoms. The van der Waals surface area contributed by atoms with Gasteiger partial charge < -0.3 is 20.5 Å². The van der Waals surface area contributed by atoms with Gasteiger partial charge in [0.1, 0.15) is 0 Å². The van der Waals surface area contributed by atoms with Crippen molar-refractivity contribution in [2.75, 3.05) is 52.1 Å². The number of hydrogen-bond donors (Lipinski definition) is 2. The number of amides is 1. The van der Waals surface area contributed by atoms with E-state index in [1.54, 1.807) is 22.6 Å². The molecule has 3 aromatic rings. The SMILES string of the molecule is CCN(CC)CCN(C)Cc1cc(-c2cc(C(N)=O)c3[nH]cc(C4CCN(S(=O)(=O)CC)CC4)c3c2)cs1. The van der Waals surface area contributed by atoms with Crippen LogP contribution >= 0.6 is 11.3 Å². The third kappa shape index (κ3) is 6.31. The first-order valence-corrected chi connectivity index (χ1v) is 16.1. The van der Waals surface area contributed by atoms with Gasteiger partial charge >= 0.3 is 0 Å². The third-order valence-electron chi connectivity index (χ3n) is 7.84. The maximum atomic E-state index is 12.4. The van der Waals surface area contributed by atoms with Crippen LogP contribution in [-0.2, 0) is 16.6 Å². The van der Waals surface area contributed by atoms with E-state index < -0.39 is 15.9 Å². The number of nitrogens with zero attached hydrogens (tertiary/aromatic N) is 3. The van der Waals surface area contributed by atoms with Crippen LogP contribution in [-0.4, -0.2) is 85.5 Å². The molecule has 0 radical (unpaired) electrons. The van der Waals surface area contributed by atoms with Crippen LogP contribution in [0.1, 0.15) is 60.3 Å². The molecular weight excluding hydrogens is 518 g/mol. The van der Waals surface area contributed by atoms with Crippen molar-refractivity contribution in [1.29, 1.82) is 0 Å². The Morgan fingerprint density at radius 3 is 2.45 bits per heavy atom. The molecule has 1 aliphatic heterocycles. The Morgan fingerprint density at radius 1 is 1.11 bits per heavy atom. The minimum Gasteiger partial charge on any atom is -0.366 e. The number of H-pyrrole nitrogens is 1. The lowest BCUT2D eigenvalue weighted by atomic mass is 9.88. The summed E-state index contributed by atoms with van der Waals surface area (Å²) in [5.41, 5.74) is 10.2. The van der Waals surface area contributed by atoms with E-state index in [0.717, 1.165) is 73.2 Å². The molecule has 8 nitrogen and oxygen atoms in total. The van der Waals surface area contributed by atoms with Crippen molar-refractivity contribution in [1.82, 2.24) is 19.1 Å². The summed E-state index contributed by atoms with van der Waals surface area (Å²) in [4.78, 5) is 21.8. The summed E-state index contributed by atoms with van der Waals surface area (Å²) in [5.74, 6) is -0.106. The third-order valence-corrected chi connectivity index (χ3v) is 10.6. The quantitative estimate of drug-likeness (QED) is 0.345. The fourth-order valence-electron chi connectivity index (χ4n) is 5.39. The topological polar surface area (TPSA) is 103 Å². The van der Waals surface area contributed by atoms with Crippen LogP contribution in [0.25, 0.3) is 22.0 Å². The van der Waals surface area contributed by atoms with Gasteiger partial charge in [0.15, 0.2) is 0 Å². The van der Waals surface area contributed by atoms with Gasteiger partial charge in [-0.3, -0.25) is 4.79 Å². The van der Waals surface area contributed by atoms with E-state index in [1.165, 1.54) is 4.88 Å². The summed E-state index contributed by atoms with van der Waals surface area (Å²) >= 11 is 1.74. The van der Waals surface area contributed by atoms with E-state index in [1.807, 2.05) is 12.3 Å². The summed E-state index contributed by atoms with van der Waals surface area (Å²) in [5, 5.41) is 3.15. The van der Waals surface area contributed by atoms with Gasteiger partial charge in [-0.2, -0.15) is 0 Å². The van der Waals surface area contributed by atoms with Gasteiger partial charge in [-0.15, -0.1) is 11.3 Å². The lowest BCUT2D eigenvalue weighted by molar-refractivity contribution is 0.100. The normalized spacial score (nSPS) is 15.7. The van der Waals surface area contributed by atoms with Crippen LogP contribution in [0.5, 0.6) is 0 Å². The second kappa shape index (κ2) is 12.3. The number of rotatable bonds is 12. The number of aromatic amines is 1. The average molecular weight is 560 g/mol. The van der Waals surface area contributed by atoms with Crippen LogP contribution in [0, 0.1) is 0 Å². The van der Waals surface area contributed by atoms with E-state index in [0.29, 0.717) is 18.7 Å². The lowest BCUT2D eigenvalue weighted by Gasteiger charge is -2.31. The van der Waals surface area contributed by atoms with Crippen molar-refractivity contribution in [2.24, 2.45) is 5.73 Å². The summed E-state index contributed by atoms with van der Waals surface area (Å²) in [6.45, 7) is 12.2. The zero-order valence-electron chi connectivity index (χ0n) is 23.0. The van der Waals surface area contributed by atoms with Crippen molar-refractivity contribution >= 4 is 38.2 Å². The number of aromatic nitrogens is 1. The number of thiophene rings is 1. The van der Waals surface area contributed by atoms with E-state index in [-0.39, 0.29) is 11.7 Å². The highest BCUT2D eigenvalue weighted by Crippen LogP contribution is 2.38. The summed E-state index contributed by atoms with van der Waals surface area (Å²) in [6.07, 6.45) is 3.48. The number of carbonyl (C=O) groups is 1. The van der Waals surface area contributed by atoms with Crippen LogP contribution in [0.15, 0.2) is 29.8 Å². The predicted molar refractivity (Wildman–Crippen MR) is 157 cm³/mol. The molecule has 1 aliphatic rings. The smallest absolute Gasteiger partial charge is 0.250 e. The molecule has 0 saturated carbocycles. The highest BCUT2D eigenvalue weighted by Gasteiger charge is 2.29. The zero-order valence-corrected chi connectivity index (χ0v) is 24.6. The molecule has 208 valence electrons. The summed E-state index contributed by atoms with van der Waals surface area (Å²) in [7, 11) is -1.02. The van der Waals surface area contributed by atoms with Gasteiger partial charge in [0.2, 0.25) is 10.0 Å². The number of likely N-dealkylation sites (N-methyl/N-ethyl adjacent to an activating group) is 2. The number of hydrogen-bond acceptors (Lipinski definition) is 6. The first-order valence-electron chi connectivity index (χ1n) is 13.6. The van der Waals surface area contributed by atoms with Crippen molar-refractivity contribution < 1.29 is 13.2 Å². The van der Waals surface area contributed by atoms with Crippen LogP contribution in [0.2, 0.25) is 0 Å². The minimum absolute atomic E-state index is 0.129. The Bertz CT molecular complexity index is 1350. The molecule has 0 atom stereocenters. The fraction of sp³-hybridized carbons (Fsp3) is 0.536. The summed E-state index contributed by atoms with van der Waals surface area (Å²) in [6, 6.07) is 6.25. The number of fused-ring (bicyclic) bond motifs is 1. The highest BCUT2D eigenvalue weighted by molar-refractivity contribution is 7.89. The molecule has 1 amide bonds.